The topological polar surface area (TPSA) is 114 Å². The second-order valence-electron chi connectivity index (χ2n) is 7.83. The maximum atomic E-state index is 12.7. The predicted molar refractivity (Wildman–Crippen MR) is 135 cm³/mol. The van der Waals surface area contributed by atoms with Crippen LogP contribution in [0.1, 0.15) is 26.3 Å². The molecular weight excluding hydrogens is 486 g/mol. The molecule has 0 atom stereocenters. The smallest absolute Gasteiger partial charge is 0.338 e. The summed E-state index contributed by atoms with van der Waals surface area (Å²) in [5, 5.41) is 8.37. The Hall–Kier alpha value is -3.76. The van der Waals surface area contributed by atoms with Crippen LogP contribution < -0.4 is 16.0 Å². The van der Waals surface area contributed by atoms with E-state index < -0.39 is 5.97 Å². The van der Waals surface area contributed by atoms with E-state index in [-0.39, 0.29) is 24.3 Å². The molecule has 2 aliphatic rings. The van der Waals surface area contributed by atoms with Crippen molar-refractivity contribution in [1.29, 1.82) is 0 Å². The predicted octanol–water partition coefficient (Wildman–Crippen LogP) is 4.38. The third-order valence-electron chi connectivity index (χ3n) is 5.28. The number of amides is 3. The molecule has 0 radical (unpaired) electrons. The standard InChI is InChI=1S/C25H19N3O5S2/c29-22-12-34-20-6-4-15(9-18(20)27-22)24(31)26-17-3-1-2-14(8-17)11-33-25(32)16-5-7-21-19(10-16)28-23(30)13-35-21/h1-10H,11-13H2,(H,26,31)(H,27,29)(H,28,30). The number of hydrogen-bond donors (Lipinski definition) is 3. The lowest BCUT2D eigenvalue weighted by Gasteiger charge is -2.17. The number of nitrogens with one attached hydrogen (secondary N) is 3. The lowest BCUT2D eigenvalue weighted by Crippen LogP contribution is -2.20. The van der Waals surface area contributed by atoms with E-state index in [0.717, 1.165) is 9.79 Å². The van der Waals surface area contributed by atoms with Gasteiger partial charge in [-0.05, 0) is 54.1 Å². The van der Waals surface area contributed by atoms with Gasteiger partial charge < -0.3 is 20.7 Å². The molecule has 0 aliphatic carbocycles. The van der Waals surface area contributed by atoms with Gasteiger partial charge in [0.1, 0.15) is 6.61 Å². The van der Waals surface area contributed by atoms with Gasteiger partial charge in [0.15, 0.2) is 0 Å². The van der Waals surface area contributed by atoms with Crippen LogP contribution in [0.3, 0.4) is 0 Å². The molecule has 10 heteroatoms. The minimum atomic E-state index is -0.513. The van der Waals surface area contributed by atoms with Gasteiger partial charge >= 0.3 is 5.97 Å². The van der Waals surface area contributed by atoms with Gasteiger partial charge in [-0.15, -0.1) is 23.5 Å². The fourth-order valence-corrected chi connectivity index (χ4v) is 5.19. The lowest BCUT2D eigenvalue weighted by molar-refractivity contribution is -0.114. The van der Waals surface area contributed by atoms with Crippen molar-refractivity contribution in [3.05, 3.63) is 77.4 Å². The summed E-state index contributed by atoms with van der Waals surface area (Å²) in [7, 11) is 0. The van der Waals surface area contributed by atoms with Crippen LogP contribution >= 0.6 is 23.5 Å². The minimum absolute atomic E-state index is 0.0167. The van der Waals surface area contributed by atoms with E-state index >= 15 is 0 Å². The number of fused-ring (bicyclic) bond motifs is 2. The van der Waals surface area contributed by atoms with E-state index in [1.165, 1.54) is 23.5 Å². The van der Waals surface area contributed by atoms with E-state index in [0.29, 0.717) is 45.3 Å². The van der Waals surface area contributed by atoms with Crippen LogP contribution in [0.5, 0.6) is 0 Å². The number of anilines is 3. The highest BCUT2D eigenvalue weighted by Gasteiger charge is 2.19. The summed E-state index contributed by atoms with van der Waals surface area (Å²) in [6.45, 7) is 0.0167. The van der Waals surface area contributed by atoms with E-state index in [4.69, 9.17) is 4.74 Å². The number of carbonyl (C=O) groups excluding carboxylic acids is 4. The molecule has 5 rings (SSSR count). The summed E-state index contributed by atoms with van der Waals surface area (Å²) < 4.78 is 5.44. The average Bonchev–Trinajstić information content (AvgIpc) is 2.86. The van der Waals surface area contributed by atoms with Gasteiger partial charge in [-0.3, -0.25) is 14.4 Å². The zero-order chi connectivity index (χ0) is 24.4. The summed E-state index contributed by atoms with van der Waals surface area (Å²) in [6.07, 6.45) is 0. The Morgan fingerprint density at radius 2 is 1.46 bits per heavy atom. The van der Waals surface area contributed by atoms with Gasteiger partial charge in [0, 0.05) is 21.0 Å². The van der Waals surface area contributed by atoms with Crippen molar-refractivity contribution in [2.75, 3.05) is 27.5 Å². The normalized spacial score (nSPS) is 14.2. The van der Waals surface area contributed by atoms with Crippen molar-refractivity contribution in [3.63, 3.8) is 0 Å². The number of esters is 1. The Labute approximate surface area is 209 Å². The summed E-state index contributed by atoms with van der Waals surface area (Å²) in [6, 6.07) is 17.3. The average molecular weight is 506 g/mol. The van der Waals surface area contributed by atoms with Gasteiger partial charge in [0.05, 0.1) is 28.4 Å². The molecule has 0 spiro atoms. The molecule has 2 heterocycles. The Balaban J connectivity index is 1.22. The Bertz CT molecular complexity index is 1370. The van der Waals surface area contributed by atoms with E-state index in [2.05, 4.69) is 16.0 Å². The SMILES string of the molecule is O=C1CSc2ccc(C(=O)Nc3cccc(COC(=O)c4ccc5c(c4)NC(=O)CS5)c3)cc2N1. The van der Waals surface area contributed by atoms with Gasteiger partial charge in [-0.2, -0.15) is 0 Å². The van der Waals surface area contributed by atoms with Crippen molar-refractivity contribution >= 4 is 64.3 Å². The van der Waals surface area contributed by atoms with Crippen molar-refractivity contribution < 1.29 is 23.9 Å². The fraction of sp³-hybridized carbons (Fsp3) is 0.120. The monoisotopic (exact) mass is 505 g/mol. The Morgan fingerprint density at radius 3 is 2.14 bits per heavy atom. The van der Waals surface area contributed by atoms with E-state index in [1.54, 1.807) is 54.6 Å². The summed E-state index contributed by atoms with van der Waals surface area (Å²) in [5.74, 6) is -0.321. The summed E-state index contributed by atoms with van der Waals surface area (Å²) >= 11 is 2.85. The molecule has 0 saturated carbocycles. The van der Waals surface area contributed by atoms with Gasteiger partial charge in [-0.25, -0.2) is 4.79 Å². The van der Waals surface area contributed by atoms with Gasteiger partial charge in [0.25, 0.3) is 5.91 Å². The van der Waals surface area contributed by atoms with Crippen molar-refractivity contribution in [1.82, 2.24) is 0 Å². The first-order chi connectivity index (χ1) is 16.9. The highest BCUT2D eigenvalue weighted by molar-refractivity contribution is 8.00. The van der Waals surface area contributed by atoms with Crippen LogP contribution in [-0.4, -0.2) is 35.2 Å². The van der Waals surface area contributed by atoms with E-state index in [9.17, 15) is 19.2 Å². The highest BCUT2D eigenvalue weighted by Crippen LogP contribution is 2.33. The largest absolute Gasteiger partial charge is 0.457 e. The number of rotatable bonds is 5. The molecule has 8 nitrogen and oxygen atoms in total. The second-order valence-corrected chi connectivity index (χ2v) is 9.86. The van der Waals surface area contributed by atoms with Gasteiger partial charge in [-0.1, -0.05) is 12.1 Å². The van der Waals surface area contributed by atoms with Crippen LogP contribution in [0, 0.1) is 0 Å². The van der Waals surface area contributed by atoms with Crippen molar-refractivity contribution in [3.8, 4) is 0 Å². The summed E-state index contributed by atoms with van der Waals surface area (Å²) in [4.78, 5) is 50.3. The zero-order valence-electron chi connectivity index (χ0n) is 18.3. The first-order valence-corrected chi connectivity index (χ1v) is 12.6. The molecule has 3 N–H and O–H groups in total. The maximum absolute atomic E-state index is 12.7. The molecule has 0 fully saturated rings. The van der Waals surface area contributed by atoms with Gasteiger partial charge in [0.2, 0.25) is 11.8 Å². The molecule has 176 valence electrons. The van der Waals surface area contributed by atoms with Crippen LogP contribution in [0.4, 0.5) is 17.1 Å². The molecule has 3 aromatic rings. The number of benzene rings is 3. The molecule has 3 amide bonds. The highest BCUT2D eigenvalue weighted by atomic mass is 32.2. The number of ether oxygens (including phenoxy) is 1. The maximum Gasteiger partial charge on any atom is 0.338 e. The number of carbonyl (C=O) groups is 4. The number of thioether (sulfide) groups is 2. The Kier molecular flexibility index (Phi) is 6.47. The molecule has 0 saturated heterocycles. The van der Waals surface area contributed by atoms with Crippen molar-refractivity contribution in [2.24, 2.45) is 0 Å². The minimum Gasteiger partial charge on any atom is -0.457 e. The Morgan fingerprint density at radius 1 is 0.829 bits per heavy atom. The van der Waals surface area contributed by atoms with Crippen LogP contribution in [0.2, 0.25) is 0 Å². The zero-order valence-corrected chi connectivity index (χ0v) is 19.9. The third-order valence-corrected chi connectivity index (χ3v) is 7.42. The quantitative estimate of drug-likeness (QED) is 0.441. The summed E-state index contributed by atoms with van der Waals surface area (Å²) in [5.41, 5.74) is 3.24. The molecule has 3 aromatic carbocycles. The molecule has 0 aromatic heterocycles. The van der Waals surface area contributed by atoms with Crippen LogP contribution in [-0.2, 0) is 20.9 Å². The van der Waals surface area contributed by atoms with Crippen LogP contribution in [0.15, 0.2) is 70.5 Å². The van der Waals surface area contributed by atoms with Crippen LogP contribution in [0.25, 0.3) is 0 Å². The molecule has 35 heavy (non-hydrogen) atoms. The van der Waals surface area contributed by atoms with E-state index in [1.807, 2.05) is 6.07 Å². The second kappa shape index (κ2) is 9.85. The van der Waals surface area contributed by atoms with Crippen molar-refractivity contribution in [2.45, 2.75) is 16.4 Å². The molecule has 0 unspecified atom stereocenters. The number of hydrogen-bond acceptors (Lipinski definition) is 7. The lowest BCUT2D eigenvalue weighted by atomic mass is 10.1. The molecule has 2 aliphatic heterocycles. The first-order valence-electron chi connectivity index (χ1n) is 10.7. The first kappa shape index (κ1) is 23.0. The molecule has 0 bridgehead atoms. The molecular formula is C25H19N3O5S2. The third kappa shape index (κ3) is 5.33. The fourth-order valence-electron chi connectivity index (χ4n) is 3.61.